The fourth-order valence-corrected chi connectivity index (χ4v) is 8.30. The highest BCUT2D eigenvalue weighted by Gasteiger charge is 2.28. The molecule has 0 bridgehead atoms. The third-order valence-corrected chi connectivity index (χ3v) is 11.3. The van der Waals surface area contributed by atoms with E-state index in [2.05, 4.69) is 206 Å². The molecule has 1 aliphatic rings. The summed E-state index contributed by atoms with van der Waals surface area (Å²) in [6, 6.07) is 67.8. The zero-order valence-electron chi connectivity index (χ0n) is 30.7. The van der Waals surface area contributed by atoms with Crippen LogP contribution in [-0.4, -0.2) is 0 Å². The summed E-state index contributed by atoms with van der Waals surface area (Å²) in [6.45, 7) is 2.36. The molecule has 1 heterocycles. The Balaban J connectivity index is 1.03. The van der Waals surface area contributed by atoms with Crippen LogP contribution in [0.5, 0.6) is 0 Å². The lowest BCUT2D eigenvalue weighted by Gasteiger charge is -2.32. The molecule has 0 saturated heterocycles. The largest absolute Gasteiger partial charge is 0.456 e. The van der Waals surface area contributed by atoms with E-state index in [1.165, 1.54) is 49.7 Å². The molecule has 10 rings (SSSR count). The molecule has 1 atom stereocenters. The van der Waals surface area contributed by atoms with Gasteiger partial charge in [0.05, 0.1) is 0 Å². The van der Waals surface area contributed by atoms with Gasteiger partial charge in [-0.2, -0.15) is 0 Å². The highest BCUT2D eigenvalue weighted by molar-refractivity contribution is 6.06. The fraction of sp³-hybridized carbons (Fsp3) is 0.0566. The lowest BCUT2D eigenvalue weighted by molar-refractivity contribution is 0.609. The molecule has 1 unspecified atom stereocenters. The minimum atomic E-state index is -0.141. The van der Waals surface area contributed by atoms with Crippen LogP contribution < -0.4 is 4.90 Å². The first kappa shape index (κ1) is 32.7. The molecule has 8 aromatic carbocycles. The van der Waals surface area contributed by atoms with Crippen molar-refractivity contribution < 1.29 is 4.42 Å². The molecule has 0 spiro atoms. The molecule has 262 valence electrons. The Morgan fingerprint density at radius 2 is 1.11 bits per heavy atom. The van der Waals surface area contributed by atoms with Crippen molar-refractivity contribution in [3.05, 3.63) is 217 Å². The normalized spacial score (nSPS) is 15.4. The SMILES string of the molecule is CC1(c2ccc(N(c3cccc(-c4cccc(-c5ccccc5)c4)c3)c3ccc4oc5ccccc5c4c3)cc2)C=CC=C(c2ccc3ccccc3c2)C1. The first-order valence-corrected chi connectivity index (χ1v) is 19.0. The standard InChI is InChI=1S/C53H39NO/c1-53(31-11-19-44(36-53)43-24-23-38-14-5-6-15-39(38)33-43)45-25-27-46(28-26-45)54(48-29-30-52-50(35-48)49-21-7-8-22-51(49)55-52)47-20-10-18-42(34-47)41-17-9-16-40(32-41)37-12-3-2-4-13-37/h2-35H,36H2,1H3. The van der Waals surface area contributed by atoms with Gasteiger partial charge in [-0.05, 0) is 117 Å². The van der Waals surface area contributed by atoms with Gasteiger partial charge in [0.1, 0.15) is 11.2 Å². The summed E-state index contributed by atoms with van der Waals surface area (Å²) in [5.41, 5.74) is 13.6. The summed E-state index contributed by atoms with van der Waals surface area (Å²) in [7, 11) is 0. The van der Waals surface area contributed by atoms with Crippen molar-refractivity contribution in [3.8, 4) is 22.3 Å². The van der Waals surface area contributed by atoms with E-state index in [9.17, 15) is 0 Å². The fourth-order valence-electron chi connectivity index (χ4n) is 8.30. The number of hydrogen-bond acceptors (Lipinski definition) is 2. The molecule has 0 aliphatic heterocycles. The van der Waals surface area contributed by atoms with Crippen molar-refractivity contribution in [2.45, 2.75) is 18.8 Å². The number of furan rings is 1. The number of hydrogen-bond donors (Lipinski definition) is 0. The van der Waals surface area contributed by atoms with E-state index in [0.717, 1.165) is 45.4 Å². The average molecular weight is 706 g/mol. The molecule has 0 saturated carbocycles. The second-order valence-electron chi connectivity index (χ2n) is 14.9. The topological polar surface area (TPSA) is 16.4 Å². The maximum Gasteiger partial charge on any atom is 0.135 e. The number of nitrogens with zero attached hydrogens (tertiary/aromatic N) is 1. The minimum absolute atomic E-state index is 0.141. The summed E-state index contributed by atoms with van der Waals surface area (Å²) < 4.78 is 6.25. The molecule has 0 radical (unpaired) electrons. The zero-order chi connectivity index (χ0) is 36.8. The summed E-state index contributed by atoms with van der Waals surface area (Å²) in [4.78, 5) is 2.37. The highest BCUT2D eigenvalue weighted by atomic mass is 16.3. The Bertz CT molecular complexity index is 2910. The van der Waals surface area contributed by atoms with Crippen molar-refractivity contribution in [3.63, 3.8) is 0 Å². The quantitative estimate of drug-likeness (QED) is 0.164. The van der Waals surface area contributed by atoms with Gasteiger partial charge in [0.25, 0.3) is 0 Å². The number of allylic oxidation sites excluding steroid dienone is 4. The summed E-state index contributed by atoms with van der Waals surface area (Å²) >= 11 is 0. The predicted molar refractivity (Wildman–Crippen MR) is 232 cm³/mol. The molecule has 0 fully saturated rings. The van der Waals surface area contributed by atoms with Gasteiger partial charge in [-0.3, -0.25) is 0 Å². The van der Waals surface area contributed by atoms with E-state index in [4.69, 9.17) is 4.42 Å². The van der Waals surface area contributed by atoms with Gasteiger partial charge in [-0.1, -0.05) is 153 Å². The van der Waals surface area contributed by atoms with Crippen molar-refractivity contribution >= 4 is 55.3 Å². The first-order chi connectivity index (χ1) is 27.1. The van der Waals surface area contributed by atoms with Crippen molar-refractivity contribution in [2.24, 2.45) is 0 Å². The summed E-state index contributed by atoms with van der Waals surface area (Å²) in [6.07, 6.45) is 7.80. The molecular formula is C53H39NO. The second-order valence-corrected chi connectivity index (χ2v) is 14.9. The summed E-state index contributed by atoms with van der Waals surface area (Å²) in [5.74, 6) is 0. The Morgan fingerprint density at radius 1 is 0.455 bits per heavy atom. The van der Waals surface area contributed by atoms with E-state index in [-0.39, 0.29) is 5.41 Å². The Labute approximate surface area is 321 Å². The lowest BCUT2D eigenvalue weighted by atomic mass is 9.73. The number of para-hydroxylation sites is 1. The van der Waals surface area contributed by atoms with Gasteiger partial charge in [0, 0.05) is 33.2 Å². The predicted octanol–water partition coefficient (Wildman–Crippen LogP) is 14.8. The van der Waals surface area contributed by atoms with Crippen LogP contribution in [0.15, 0.2) is 211 Å². The average Bonchev–Trinajstić information content (AvgIpc) is 3.62. The monoisotopic (exact) mass is 705 g/mol. The van der Waals surface area contributed by atoms with Crippen LogP contribution in [0.3, 0.4) is 0 Å². The van der Waals surface area contributed by atoms with E-state index in [1.807, 2.05) is 12.1 Å². The molecular weight excluding hydrogens is 667 g/mol. The Hall–Kier alpha value is -6.90. The van der Waals surface area contributed by atoms with Crippen LogP contribution in [0.2, 0.25) is 0 Å². The molecule has 1 aromatic heterocycles. The van der Waals surface area contributed by atoms with E-state index >= 15 is 0 Å². The molecule has 1 aliphatic carbocycles. The molecule has 9 aromatic rings. The number of anilines is 3. The van der Waals surface area contributed by atoms with Crippen molar-refractivity contribution in [1.29, 1.82) is 0 Å². The molecule has 0 N–H and O–H groups in total. The molecule has 2 heteroatoms. The van der Waals surface area contributed by atoms with Crippen LogP contribution in [0.1, 0.15) is 24.5 Å². The maximum atomic E-state index is 6.25. The molecule has 55 heavy (non-hydrogen) atoms. The Morgan fingerprint density at radius 3 is 1.96 bits per heavy atom. The van der Waals surface area contributed by atoms with E-state index < -0.39 is 0 Å². The van der Waals surface area contributed by atoms with Crippen LogP contribution in [0.25, 0.3) is 60.5 Å². The first-order valence-electron chi connectivity index (χ1n) is 19.0. The van der Waals surface area contributed by atoms with Gasteiger partial charge < -0.3 is 9.32 Å². The van der Waals surface area contributed by atoms with E-state index in [0.29, 0.717) is 0 Å². The van der Waals surface area contributed by atoms with Crippen LogP contribution >= 0.6 is 0 Å². The highest BCUT2D eigenvalue weighted by Crippen LogP contribution is 2.43. The van der Waals surface area contributed by atoms with Gasteiger partial charge >= 0.3 is 0 Å². The third-order valence-electron chi connectivity index (χ3n) is 11.3. The Kier molecular flexibility index (Phi) is 8.03. The third kappa shape index (κ3) is 6.12. The number of benzene rings is 8. The van der Waals surface area contributed by atoms with Crippen molar-refractivity contribution in [1.82, 2.24) is 0 Å². The zero-order valence-corrected chi connectivity index (χ0v) is 30.7. The number of rotatable bonds is 7. The molecule has 2 nitrogen and oxygen atoms in total. The maximum absolute atomic E-state index is 6.25. The molecule has 0 amide bonds. The minimum Gasteiger partial charge on any atom is -0.456 e. The smallest absolute Gasteiger partial charge is 0.135 e. The van der Waals surface area contributed by atoms with Crippen LogP contribution in [0.4, 0.5) is 17.1 Å². The van der Waals surface area contributed by atoms with Gasteiger partial charge in [-0.25, -0.2) is 0 Å². The van der Waals surface area contributed by atoms with Gasteiger partial charge in [0.2, 0.25) is 0 Å². The van der Waals surface area contributed by atoms with Gasteiger partial charge in [0.15, 0.2) is 0 Å². The summed E-state index contributed by atoms with van der Waals surface area (Å²) in [5, 5.41) is 4.77. The number of fused-ring (bicyclic) bond motifs is 4. The second kappa shape index (κ2) is 13.5. The van der Waals surface area contributed by atoms with Crippen LogP contribution in [-0.2, 0) is 5.41 Å². The van der Waals surface area contributed by atoms with Crippen LogP contribution in [0, 0.1) is 0 Å². The van der Waals surface area contributed by atoms with E-state index in [1.54, 1.807) is 0 Å². The van der Waals surface area contributed by atoms with Crippen molar-refractivity contribution in [2.75, 3.05) is 4.90 Å². The van der Waals surface area contributed by atoms with Gasteiger partial charge in [-0.15, -0.1) is 0 Å². The lowest BCUT2D eigenvalue weighted by Crippen LogP contribution is -2.21.